The number of likely N-dealkylation sites (tertiary alicyclic amines) is 3. The number of carboxylic acid groups (broad SMARTS) is 1. The van der Waals surface area contributed by atoms with E-state index in [1.165, 1.54) is 22.3 Å². The number of carboxylic acids is 1. The number of piperidine rings is 4. The van der Waals surface area contributed by atoms with Crippen molar-refractivity contribution < 1.29 is 43.3 Å². The van der Waals surface area contributed by atoms with E-state index in [9.17, 15) is 28.8 Å². The lowest BCUT2D eigenvalue weighted by molar-refractivity contribution is -0.143. The first-order chi connectivity index (χ1) is 41.8. The van der Waals surface area contributed by atoms with Gasteiger partial charge in [-0.3, -0.25) is 19.2 Å². The highest BCUT2D eigenvalue weighted by atomic mass is 16.6. The van der Waals surface area contributed by atoms with E-state index in [-0.39, 0.29) is 65.7 Å². The first-order valence-electron chi connectivity index (χ1n) is 32.7. The number of carbonyl (C=O) groups excluding carboxylic acids is 5. The number of aliphatic carboxylic acids is 1. The average molecular weight is 1200 g/mol. The highest BCUT2D eigenvalue weighted by molar-refractivity contribution is 5.82. The van der Waals surface area contributed by atoms with Crippen LogP contribution in [0, 0.1) is 23.7 Å². The molecular formula is C72H104N6O9. The molecule has 4 aliphatic heterocycles. The van der Waals surface area contributed by atoms with Crippen molar-refractivity contribution in [1.29, 1.82) is 0 Å². The molecule has 87 heavy (non-hydrogen) atoms. The standard InChI is InChI=1S/C36H51N3O4.C25H34N2O.C11H19NO4/c1-36(2,3)43-35(42)39-26-22-31(23-27-39)34(41)38-24-20-30(21-25-38)33(40)37-32(18-10-16-28-12-6-4-7-13-28)19-11-17-29-14-8-5-9-15-29;28-25(23-17-19-26-20-18-23)27-24(15-7-13-21-9-3-1-4-10-21)16-8-14-22-11-5-2-6-12-22;1-11(2,3)16-10(15)12-6-4-8(5-7-12)9(13)14/h4-9,12-15,30-32H,10-11,16-27H2,1-3H3,(H,37,40);1-6,9-12,23-24,26H,7-8,13-20H2,(H,27,28);8H,4-7H2,1-3H3,(H,13,14). The second-order valence-corrected chi connectivity index (χ2v) is 26.4. The number of rotatable bonds is 22. The van der Waals surface area contributed by atoms with Crippen LogP contribution in [0.1, 0.15) is 167 Å². The molecule has 4 N–H and O–H groups in total. The van der Waals surface area contributed by atoms with Crippen molar-refractivity contribution in [2.75, 3.05) is 52.4 Å². The van der Waals surface area contributed by atoms with Crippen LogP contribution in [0.25, 0.3) is 0 Å². The molecule has 8 rings (SSSR count). The van der Waals surface area contributed by atoms with E-state index in [0.29, 0.717) is 77.8 Å². The third-order valence-corrected chi connectivity index (χ3v) is 17.0. The zero-order chi connectivity index (χ0) is 62.4. The van der Waals surface area contributed by atoms with Gasteiger partial charge in [-0.25, -0.2) is 9.59 Å². The fraction of sp³-hybridized carbons (Fsp3) is 0.583. The Morgan fingerprint density at radius 1 is 0.437 bits per heavy atom. The van der Waals surface area contributed by atoms with Gasteiger partial charge in [-0.15, -0.1) is 0 Å². The Balaban J connectivity index is 0.000000234. The van der Waals surface area contributed by atoms with Gasteiger partial charge in [-0.05, 0) is 205 Å². The number of ether oxygens (including phenoxy) is 2. The van der Waals surface area contributed by atoms with Gasteiger partial charge in [0.1, 0.15) is 11.2 Å². The number of hydrogen-bond donors (Lipinski definition) is 4. The monoisotopic (exact) mass is 1200 g/mol. The first-order valence-corrected chi connectivity index (χ1v) is 32.7. The van der Waals surface area contributed by atoms with Gasteiger partial charge in [-0.1, -0.05) is 121 Å². The highest BCUT2D eigenvalue weighted by Crippen LogP contribution is 2.27. The summed E-state index contributed by atoms with van der Waals surface area (Å²) in [5.41, 5.74) is 4.42. The van der Waals surface area contributed by atoms with E-state index >= 15 is 0 Å². The van der Waals surface area contributed by atoms with E-state index in [1.807, 2.05) is 58.6 Å². The molecular weight excluding hydrogens is 1090 g/mol. The summed E-state index contributed by atoms with van der Waals surface area (Å²) in [4.78, 5) is 79.4. The third kappa shape index (κ3) is 26.6. The number of aryl methyl sites for hydroxylation is 4. The lowest BCUT2D eigenvalue weighted by Crippen LogP contribution is -2.49. The smallest absolute Gasteiger partial charge is 0.410 e. The van der Waals surface area contributed by atoms with Crippen molar-refractivity contribution in [3.8, 4) is 0 Å². The molecule has 0 bridgehead atoms. The molecule has 15 nitrogen and oxygen atoms in total. The Hall–Kier alpha value is -6.74. The van der Waals surface area contributed by atoms with Crippen LogP contribution in [0.3, 0.4) is 0 Å². The van der Waals surface area contributed by atoms with Crippen molar-refractivity contribution in [3.05, 3.63) is 144 Å². The zero-order valence-corrected chi connectivity index (χ0v) is 53.4. The molecule has 4 fully saturated rings. The summed E-state index contributed by atoms with van der Waals surface area (Å²) in [6.07, 6.45) is 17.6. The van der Waals surface area contributed by atoms with E-state index < -0.39 is 17.2 Å². The van der Waals surface area contributed by atoms with Crippen molar-refractivity contribution in [2.45, 2.75) is 193 Å². The van der Waals surface area contributed by atoms with Gasteiger partial charge in [0.15, 0.2) is 0 Å². The zero-order valence-electron chi connectivity index (χ0n) is 53.4. The van der Waals surface area contributed by atoms with Gasteiger partial charge in [0.05, 0.1) is 5.92 Å². The molecule has 0 aliphatic carbocycles. The predicted octanol–water partition coefficient (Wildman–Crippen LogP) is 12.6. The van der Waals surface area contributed by atoms with Gasteiger partial charge in [0.2, 0.25) is 17.7 Å². The number of carbonyl (C=O) groups is 6. The van der Waals surface area contributed by atoms with Crippen LogP contribution in [0.15, 0.2) is 121 Å². The summed E-state index contributed by atoms with van der Waals surface area (Å²) in [5, 5.41) is 19.0. The van der Waals surface area contributed by atoms with Gasteiger partial charge in [-0.2, -0.15) is 0 Å². The number of nitrogens with zero attached hydrogens (tertiary/aromatic N) is 3. The maximum absolute atomic E-state index is 13.4. The minimum atomic E-state index is -0.774. The topological polar surface area (TPSA) is 187 Å². The minimum absolute atomic E-state index is 0.0520. The molecule has 4 aromatic rings. The van der Waals surface area contributed by atoms with E-state index in [1.54, 1.807) is 9.80 Å². The third-order valence-electron chi connectivity index (χ3n) is 17.0. The SMILES string of the molecule is CC(C)(C)OC(=O)N1CCC(C(=O)N2CCC(C(=O)NC(CCCc3ccccc3)CCCc3ccccc3)CC2)CC1.CC(C)(C)OC(=O)N1CCC(C(=O)O)CC1.O=C(NC(CCCc1ccccc1)CCCc1ccccc1)C1CCNCC1. The van der Waals surface area contributed by atoms with Gasteiger partial charge in [0, 0.05) is 69.1 Å². The van der Waals surface area contributed by atoms with E-state index in [0.717, 1.165) is 103 Å². The summed E-state index contributed by atoms with van der Waals surface area (Å²) in [5.74, 6) is -0.448. The van der Waals surface area contributed by atoms with Gasteiger partial charge >= 0.3 is 18.2 Å². The first kappa shape index (κ1) is 69.4. The average Bonchev–Trinajstić information content (AvgIpc) is 2.81. The lowest BCUT2D eigenvalue weighted by Gasteiger charge is -2.37. The van der Waals surface area contributed by atoms with Crippen molar-refractivity contribution in [2.24, 2.45) is 23.7 Å². The van der Waals surface area contributed by atoms with Crippen LogP contribution < -0.4 is 16.0 Å². The molecule has 4 aromatic carbocycles. The van der Waals surface area contributed by atoms with Crippen LogP contribution >= 0.6 is 0 Å². The van der Waals surface area contributed by atoms with E-state index in [4.69, 9.17) is 14.6 Å². The summed E-state index contributed by atoms with van der Waals surface area (Å²) < 4.78 is 10.7. The van der Waals surface area contributed by atoms with Crippen LogP contribution in [0.5, 0.6) is 0 Å². The van der Waals surface area contributed by atoms with Gasteiger partial charge in [0.25, 0.3) is 0 Å². The fourth-order valence-corrected chi connectivity index (χ4v) is 12.0. The number of benzene rings is 4. The number of nitrogens with one attached hydrogen (secondary N) is 3. The molecule has 0 saturated carbocycles. The Morgan fingerprint density at radius 2 is 0.724 bits per heavy atom. The van der Waals surface area contributed by atoms with Gasteiger partial charge < -0.3 is 45.2 Å². The predicted molar refractivity (Wildman–Crippen MR) is 345 cm³/mol. The quantitative estimate of drug-likeness (QED) is 0.0590. The Labute approximate surface area is 520 Å². The highest BCUT2D eigenvalue weighted by Gasteiger charge is 2.35. The van der Waals surface area contributed by atoms with Crippen LogP contribution in [0.2, 0.25) is 0 Å². The second-order valence-electron chi connectivity index (χ2n) is 26.4. The van der Waals surface area contributed by atoms with Crippen molar-refractivity contribution in [3.63, 3.8) is 0 Å². The molecule has 0 unspecified atom stereocenters. The largest absolute Gasteiger partial charge is 0.481 e. The molecule has 15 heteroatoms. The molecule has 0 spiro atoms. The molecule has 0 aromatic heterocycles. The lowest BCUT2D eigenvalue weighted by atomic mass is 9.91. The van der Waals surface area contributed by atoms with Crippen LogP contribution in [-0.2, 0) is 54.3 Å². The Morgan fingerprint density at radius 3 is 1.03 bits per heavy atom. The maximum Gasteiger partial charge on any atom is 0.410 e. The van der Waals surface area contributed by atoms with Crippen LogP contribution in [0.4, 0.5) is 9.59 Å². The number of hydrogen-bond acceptors (Lipinski definition) is 9. The van der Waals surface area contributed by atoms with Crippen molar-refractivity contribution in [1.82, 2.24) is 30.7 Å². The summed E-state index contributed by atoms with van der Waals surface area (Å²) in [7, 11) is 0. The summed E-state index contributed by atoms with van der Waals surface area (Å²) in [6.45, 7) is 16.2. The number of amides is 5. The molecule has 4 saturated heterocycles. The summed E-state index contributed by atoms with van der Waals surface area (Å²) in [6, 6.07) is 42.9. The Bertz CT molecular complexity index is 2540. The molecule has 4 aliphatic rings. The Kier molecular flexibility index (Phi) is 29.1. The minimum Gasteiger partial charge on any atom is -0.481 e. The van der Waals surface area contributed by atoms with Crippen LogP contribution in [-0.4, -0.2) is 131 Å². The van der Waals surface area contributed by atoms with E-state index in [2.05, 4.69) is 125 Å². The molecule has 5 amide bonds. The maximum atomic E-state index is 13.4. The normalized spacial score (nSPS) is 16.4. The van der Waals surface area contributed by atoms with Crippen molar-refractivity contribution >= 4 is 35.9 Å². The fourth-order valence-electron chi connectivity index (χ4n) is 12.0. The molecule has 0 radical (unpaired) electrons. The molecule has 476 valence electrons. The summed E-state index contributed by atoms with van der Waals surface area (Å²) >= 11 is 0. The second kappa shape index (κ2) is 36.5. The molecule has 0 atom stereocenters. The molecule has 4 heterocycles.